The summed E-state index contributed by atoms with van der Waals surface area (Å²) in [6.07, 6.45) is 0. The fourth-order valence-electron chi connectivity index (χ4n) is 3.61. The van der Waals surface area contributed by atoms with E-state index in [1.165, 1.54) is 18.2 Å². The fourth-order valence-corrected chi connectivity index (χ4v) is 3.79. The van der Waals surface area contributed by atoms with Crippen molar-refractivity contribution < 1.29 is 28.4 Å². The number of aromatic amines is 1. The third kappa shape index (κ3) is 4.39. The van der Waals surface area contributed by atoms with Crippen molar-refractivity contribution in [2.75, 3.05) is 40.6 Å². The highest BCUT2D eigenvalue weighted by Gasteiger charge is 2.24. The van der Waals surface area contributed by atoms with E-state index in [1.807, 2.05) is 6.92 Å². The first-order valence-electron chi connectivity index (χ1n) is 10.2. The molecule has 0 aliphatic carbocycles. The summed E-state index contributed by atoms with van der Waals surface area (Å²) < 4.78 is 37.7. The zero-order chi connectivity index (χ0) is 23.5. The summed E-state index contributed by atoms with van der Waals surface area (Å²) in [4.78, 5) is 4.61. The third-order valence-electron chi connectivity index (χ3n) is 5.13. The zero-order valence-electron chi connectivity index (χ0n) is 18.4. The maximum absolute atomic E-state index is 15.7. The number of aryl methyl sites for hydroxylation is 1. The van der Waals surface area contributed by atoms with Crippen molar-refractivity contribution in [1.82, 2.24) is 15.2 Å². The number of hydrogen-bond acceptors (Lipinski definition) is 7. The normalized spacial score (nSPS) is 11.4. The van der Waals surface area contributed by atoms with Crippen LogP contribution >= 0.6 is 11.6 Å². The molecule has 174 valence electrons. The Balaban J connectivity index is 2.06. The number of aromatic hydroxyl groups is 1. The number of pyridine rings is 1. The van der Waals surface area contributed by atoms with Crippen LogP contribution in [0, 0.1) is 12.7 Å². The summed E-state index contributed by atoms with van der Waals surface area (Å²) >= 11 is 6.13. The highest BCUT2D eigenvalue weighted by Crippen LogP contribution is 2.45. The van der Waals surface area contributed by atoms with Gasteiger partial charge in [0.25, 0.3) is 0 Å². The minimum atomic E-state index is -0.550. The van der Waals surface area contributed by atoms with Crippen LogP contribution in [0.15, 0.2) is 24.3 Å². The van der Waals surface area contributed by atoms with Crippen LogP contribution in [-0.4, -0.2) is 60.9 Å². The summed E-state index contributed by atoms with van der Waals surface area (Å²) in [6.45, 7) is 2.91. The molecule has 4 aromatic rings. The second-order valence-electron chi connectivity index (χ2n) is 7.29. The Morgan fingerprint density at radius 3 is 2.42 bits per heavy atom. The standard InChI is InChI=1S/C23H23ClFN3O5/c1-12-18-20-19(15(25)11-17(32-8-6-30-2)22(20)33-9-7-31-3)21(26-23(18)28-27-12)13-4-5-16(29)14(24)10-13/h4-5,10-11,29H,6-9H2,1-3H3,(H,26,27,28). The van der Waals surface area contributed by atoms with Crippen LogP contribution in [0.3, 0.4) is 0 Å². The molecule has 8 nitrogen and oxygen atoms in total. The van der Waals surface area contributed by atoms with Crippen LogP contribution in [0.25, 0.3) is 33.1 Å². The van der Waals surface area contributed by atoms with Gasteiger partial charge in [0.05, 0.1) is 29.3 Å². The Labute approximate surface area is 194 Å². The van der Waals surface area contributed by atoms with Crippen molar-refractivity contribution >= 4 is 33.4 Å². The maximum Gasteiger partial charge on any atom is 0.182 e. The predicted molar refractivity (Wildman–Crippen MR) is 123 cm³/mol. The van der Waals surface area contributed by atoms with Crippen LogP contribution in [0.5, 0.6) is 17.2 Å². The van der Waals surface area contributed by atoms with Crippen molar-refractivity contribution in [3.63, 3.8) is 0 Å². The van der Waals surface area contributed by atoms with Crippen molar-refractivity contribution in [3.8, 4) is 28.5 Å². The van der Waals surface area contributed by atoms with Gasteiger partial charge in [-0.25, -0.2) is 9.37 Å². The van der Waals surface area contributed by atoms with Crippen LogP contribution in [0.2, 0.25) is 5.02 Å². The molecule has 0 fully saturated rings. The molecule has 4 rings (SSSR count). The molecule has 0 amide bonds. The first-order valence-corrected chi connectivity index (χ1v) is 10.6. The van der Waals surface area contributed by atoms with Gasteiger partial charge in [-0.2, -0.15) is 5.10 Å². The molecule has 0 bridgehead atoms. The monoisotopic (exact) mass is 475 g/mol. The number of phenolic OH excluding ortho intramolecular Hbond substituents is 1. The molecule has 0 unspecified atom stereocenters. The number of halogens is 2. The number of fused-ring (bicyclic) bond motifs is 3. The van der Waals surface area contributed by atoms with Gasteiger partial charge in [0, 0.05) is 42.3 Å². The average Bonchev–Trinajstić information content (AvgIpc) is 3.17. The van der Waals surface area contributed by atoms with Crippen molar-refractivity contribution in [2.24, 2.45) is 0 Å². The van der Waals surface area contributed by atoms with E-state index in [0.717, 1.165) is 0 Å². The van der Waals surface area contributed by atoms with Crippen molar-refractivity contribution in [3.05, 3.63) is 40.8 Å². The number of nitrogens with zero attached hydrogens (tertiary/aromatic N) is 2. The van der Waals surface area contributed by atoms with E-state index in [1.54, 1.807) is 20.3 Å². The van der Waals surface area contributed by atoms with E-state index >= 15 is 4.39 Å². The summed E-state index contributed by atoms with van der Waals surface area (Å²) in [5.74, 6) is -0.0523. The molecule has 0 radical (unpaired) electrons. The molecule has 2 heterocycles. The largest absolute Gasteiger partial charge is 0.506 e. The van der Waals surface area contributed by atoms with Crippen LogP contribution < -0.4 is 9.47 Å². The van der Waals surface area contributed by atoms with Crippen molar-refractivity contribution in [1.29, 1.82) is 0 Å². The van der Waals surface area contributed by atoms with Crippen molar-refractivity contribution in [2.45, 2.75) is 6.92 Å². The number of ether oxygens (including phenoxy) is 4. The van der Waals surface area contributed by atoms with E-state index in [9.17, 15) is 5.11 Å². The highest BCUT2D eigenvalue weighted by atomic mass is 35.5. The SMILES string of the molecule is COCCOc1cc(F)c2c(-c3ccc(O)c(Cl)c3)nc3n[nH]c(C)c3c2c1OCCOC. The molecule has 0 saturated carbocycles. The molecule has 0 atom stereocenters. The van der Waals surface area contributed by atoms with Gasteiger partial charge in [-0.3, -0.25) is 5.10 Å². The second-order valence-corrected chi connectivity index (χ2v) is 7.70. The lowest BCUT2D eigenvalue weighted by molar-refractivity contribution is 0.133. The number of nitrogens with one attached hydrogen (secondary N) is 1. The molecule has 2 aromatic carbocycles. The van der Waals surface area contributed by atoms with E-state index in [4.69, 9.17) is 30.5 Å². The van der Waals surface area contributed by atoms with E-state index < -0.39 is 5.82 Å². The highest BCUT2D eigenvalue weighted by molar-refractivity contribution is 6.32. The Morgan fingerprint density at radius 2 is 1.73 bits per heavy atom. The Bertz CT molecular complexity index is 1310. The minimum absolute atomic E-state index is 0.0840. The molecule has 2 aromatic heterocycles. The minimum Gasteiger partial charge on any atom is -0.506 e. The van der Waals surface area contributed by atoms with Gasteiger partial charge in [-0.15, -0.1) is 0 Å². The Hall–Kier alpha value is -3.14. The quantitative estimate of drug-likeness (QED) is 0.340. The van der Waals surface area contributed by atoms with Crippen LogP contribution in [0.4, 0.5) is 4.39 Å². The van der Waals surface area contributed by atoms with Gasteiger partial charge in [0.2, 0.25) is 0 Å². The lowest BCUT2D eigenvalue weighted by atomic mass is 9.99. The number of benzene rings is 2. The number of H-pyrrole nitrogens is 1. The van der Waals surface area contributed by atoms with Gasteiger partial charge in [0.15, 0.2) is 17.1 Å². The van der Waals surface area contributed by atoms with Gasteiger partial charge >= 0.3 is 0 Å². The molecule has 0 aliphatic rings. The molecule has 2 N–H and O–H groups in total. The summed E-state index contributed by atoms with van der Waals surface area (Å²) in [6, 6.07) is 5.84. The first kappa shape index (κ1) is 23.0. The lowest BCUT2D eigenvalue weighted by Gasteiger charge is -2.18. The number of hydrogen-bond donors (Lipinski definition) is 2. The topological polar surface area (TPSA) is 98.7 Å². The van der Waals surface area contributed by atoms with Crippen LogP contribution in [-0.2, 0) is 9.47 Å². The van der Waals surface area contributed by atoms with Gasteiger partial charge in [-0.1, -0.05) is 11.6 Å². The Kier molecular flexibility index (Phi) is 6.83. The Morgan fingerprint density at radius 1 is 1.00 bits per heavy atom. The summed E-state index contributed by atoms with van der Waals surface area (Å²) in [5, 5.41) is 18.5. The van der Waals surface area contributed by atoms with Gasteiger partial charge in [0.1, 0.15) is 24.8 Å². The molecule has 0 spiro atoms. The molecular weight excluding hydrogens is 453 g/mol. The second kappa shape index (κ2) is 9.78. The number of rotatable bonds is 9. The molecule has 0 saturated heterocycles. The number of methoxy groups -OCH3 is 2. The van der Waals surface area contributed by atoms with E-state index in [2.05, 4.69) is 15.2 Å². The first-order chi connectivity index (χ1) is 16.0. The van der Waals surface area contributed by atoms with Gasteiger partial charge < -0.3 is 24.1 Å². The average molecular weight is 476 g/mol. The van der Waals surface area contributed by atoms with E-state index in [-0.39, 0.29) is 35.1 Å². The number of phenols is 1. The molecule has 10 heteroatoms. The molecule has 0 aliphatic heterocycles. The lowest BCUT2D eigenvalue weighted by Crippen LogP contribution is -2.10. The number of aromatic nitrogens is 3. The predicted octanol–water partition coefficient (Wildman–Crippen LogP) is 4.64. The smallest absolute Gasteiger partial charge is 0.182 e. The van der Waals surface area contributed by atoms with Crippen LogP contribution in [0.1, 0.15) is 5.69 Å². The third-order valence-corrected chi connectivity index (χ3v) is 5.43. The molecular formula is C23H23ClFN3O5. The summed E-state index contributed by atoms with van der Waals surface area (Å²) in [7, 11) is 3.12. The fraction of sp³-hybridized carbons (Fsp3) is 0.304. The maximum atomic E-state index is 15.7. The van der Waals surface area contributed by atoms with Gasteiger partial charge in [-0.05, 0) is 25.1 Å². The van der Waals surface area contributed by atoms with E-state index in [0.29, 0.717) is 52.3 Å². The molecule has 33 heavy (non-hydrogen) atoms. The zero-order valence-corrected chi connectivity index (χ0v) is 19.1. The summed E-state index contributed by atoms with van der Waals surface area (Å²) in [5.41, 5.74) is 1.90.